The van der Waals surface area contributed by atoms with Crippen LogP contribution in [0.5, 0.6) is 5.75 Å². The van der Waals surface area contributed by atoms with Crippen LogP contribution in [0.1, 0.15) is 31.1 Å². The van der Waals surface area contributed by atoms with Crippen LogP contribution in [0.2, 0.25) is 0 Å². The summed E-state index contributed by atoms with van der Waals surface area (Å²) in [4.78, 5) is 17.3. The predicted molar refractivity (Wildman–Crippen MR) is 142 cm³/mol. The largest absolute Gasteiger partial charge is 0.495 e. The second-order valence-corrected chi connectivity index (χ2v) is 8.71. The predicted octanol–water partition coefficient (Wildman–Crippen LogP) is 7.54. The molecule has 5 aromatic rings. The number of amides is 1. The zero-order valence-electron chi connectivity index (χ0n) is 20.3. The minimum atomic E-state index is -0.317. The number of hydrogen-bond acceptors (Lipinski definition) is 5. The Hall–Kier alpha value is -4.58. The Labute approximate surface area is 209 Å². The van der Waals surface area contributed by atoms with Crippen LogP contribution in [-0.4, -0.2) is 18.0 Å². The molecule has 0 unspecified atom stereocenters. The lowest BCUT2D eigenvalue weighted by Crippen LogP contribution is -2.09. The molecule has 0 aliphatic heterocycles. The Bertz CT molecular complexity index is 1540. The van der Waals surface area contributed by atoms with Gasteiger partial charge in [0.05, 0.1) is 12.8 Å². The van der Waals surface area contributed by atoms with Gasteiger partial charge in [0.15, 0.2) is 5.58 Å². The first kappa shape index (κ1) is 23.2. The number of carbonyl (C=O) groups excluding carboxylic acids is 1. The summed E-state index contributed by atoms with van der Waals surface area (Å²) < 4.78 is 17.3. The number of nitrogens with one attached hydrogen (secondary N) is 1. The monoisotopic (exact) mass is 478 g/mol. The van der Waals surface area contributed by atoms with E-state index in [9.17, 15) is 4.79 Å². The molecular weight excluding hydrogens is 452 g/mol. The van der Waals surface area contributed by atoms with Crippen LogP contribution in [0, 0.1) is 0 Å². The van der Waals surface area contributed by atoms with Crippen molar-refractivity contribution in [2.45, 2.75) is 19.8 Å². The number of benzene rings is 3. The van der Waals surface area contributed by atoms with Gasteiger partial charge in [0.2, 0.25) is 11.8 Å². The number of ether oxygens (including phenoxy) is 1. The number of nitrogens with zero attached hydrogens (tertiary/aromatic N) is 1. The number of methoxy groups -OCH3 is 1. The lowest BCUT2D eigenvalue weighted by Gasteiger charge is -2.10. The molecule has 1 N–H and O–H groups in total. The van der Waals surface area contributed by atoms with Crippen molar-refractivity contribution in [3.05, 3.63) is 96.3 Å². The van der Waals surface area contributed by atoms with Crippen LogP contribution < -0.4 is 10.1 Å². The number of furan rings is 1. The first-order valence-electron chi connectivity index (χ1n) is 11.7. The van der Waals surface area contributed by atoms with Gasteiger partial charge >= 0.3 is 0 Å². The lowest BCUT2D eigenvalue weighted by atomic mass is 10.0. The van der Waals surface area contributed by atoms with E-state index in [1.807, 2.05) is 60.7 Å². The third-order valence-electron chi connectivity index (χ3n) is 5.87. The number of oxazole rings is 1. The van der Waals surface area contributed by atoms with Gasteiger partial charge < -0.3 is 18.9 Å². The molecule has 0 bridgehead atoms. The summed E-state index contributed by atoms with van der Waals surface area (Å²) in [5.41, 5.74) is 4.93. The standard InChI is InChI=1S/C30H26N2O4/c1-19(2)21-9-14-28-25(17-21)32-30(36-28)22-10-13-27(34-3)24(18-22)31-29(33)16-12-23-11-15-26(35-23)20-7-5-4-6-8-20/h4-19H,1-3H3,(H,31,33). The zero-order valence-corrected chi connectivity index (χ0v) is 20.3. The quantitative estimate of drug-likeness (QED) is 0.245. The van der Waals surface area contributed by atoms with Crippen molar-refractivity contribution in [3.8, 4) is 28.5 Å². The van der Waals surface area contributed by atoms with Gasteiger partial charge in [0, 0.05) is 17.2 Å². The van der Waals surface area contributed by atoms with Crippen LogP contribution in [0.4, 0.5) is 5.69 Å². The van der Waals surface area contributed by atoms with Crippen LogP contribution >= 0.6 is 0 Å². The van der Waals surface area contributed by atoms with Crippen molar-refractivity contribution in [1.29, 1.82) is 0 Å². The second kappa shape index (κ2) is 9.96. The molecule has 1 amide bonds. The number of rotatable bonds is 7. The van der Waals surface area contributed by atoms with Gasteiger partial charge in [-0.25, -0.2) is 4.98 Å². The third-order valence-corrected chi connectivity index (χ3v) is 5.87. The molecule has 0 spiro atoms. The molecule has 180 valence electrons. The highest BCUT2D eigenvalue weighted by Crippen LogP contribution is 2.33. The van der Waals surface area contributed by atoms with Crippen LogP contribution in [0.3, 0.4) is 0 Å². The maximum Gasteiger partial charge on any atom is 0.248 e. The molecule has 0 aliphatic rings. The molecule has 6 heteroatoms. The van der Waals surface area contributed by atoms with Gasteiger partial charge in [-0.15, -0.1) is 0 Å². The number of anilines is 1. The van der Waals surface area contributed by atoms with Crippen LogP contribution in [0.15, 0.2) is 93.8 Å². The van der Waals surface area contributed by atoms with Crippen molar-refractivity contribution >= 4 is 28.8 Å². The third kappa shape index (κ3) is 4.93. The Kier molecular flexibility index (Phi) is 6.41. The molecular formula is C30H26N2O4. The minimum absolute atomic E-state index is 0.317. The maximum absolute atomic E-state index is 12.7. The SMILES string of the molecule is COc1ccc(-c2nc3cc(C(C)C)ccc3o2)cc1NC(=O)C=Cc1ccc(-c2ccccc2)o1. The number of hydrogen-bond donors (Lipinski definition) is 1. The van der Waals surface area contributed by atoms with E-state index >= 15 is 0 Å². The average Bonchev–Trinajstić information content (AvgIpc) is 3.55. The summed E-state index contributed by atoms with van der Waals surface area (Å²) >= 11 is 0. The minimum Gasteiger partial charge on any atom is -0.495 e. The summed E-state index contributed by atoms with van der Waals surface area (Å²) in [6, 6.07) is 25.0. The highest BCUT2D eigenvalue weighted by Gasteiger charge is 2.14. The number of fused-ring (bicyclic) bond motifs is 1. The topological polar surface area (TPSA) is 77.5 Å². The highest BCUT2D eigenvalue weighted by molar-refractivity contribution is 6.03. The lowest BCUT2D eigenvalue weighted by molar-refractivity contribution is -0.111. The Morgan fingerprint density at radius 3 is 2.56 bits per heavy atom. The molecule has 2 aromatic heterocycles. The van der Waals surface area contributed by atoms with E-state index in [1.165, 1.54) is 11.6 Å². The van der Waals surface area contributed by atoms with Gasteiger partial charge in [-0.1, -0.05) is 50.2 Å². The molecule has 6 nitrogen and oxygen atoms in total. The first-order chi connectivity index (χ1) is 17.5. The Morgan fingerprint density at radius 2 is 1.78 bits per heavy atom. The highest BCUT2D eigenvalue weighted by atomic mass is 16.5. The van der Waals surface area contributed by atoms with E-state index in [0.717, 1.165) is 22.4 Å². The van der Waals surface area contributed by atoms with Crippen LogP contribution in [-0.2, 0) is 4.79 Å². The summed E-state index contributed by atoms with van der Waals surface area (Å²) in [7, 11) is 1.56. The Morgan fingerprint density at radius 1 is 0.944 bits per heavy atom. The second-order valence-electron chi connectivity index (χ2n) is 8.71. The average molecular weight is 479 g/mol. The number of carbonyl (C=O) groups is 1. The number of aromatic nitrogens is 1. The van der Waals surface area contributed by atoms with Gasteiger partial charge in [-0.3, -0.25) is 4.79 Å². The molecule has 0 saturated heterocycles. The van der Waals surface area contributed by atoms with Crippen LogP contribution in [0.25, 0.3) is 40.0 Å². The van der Waals surface area contributed by atoms with Crippen molar-refractivity contribution in [2.24, 2.45) is 0 Å². The van der Waals surface area contributed by atoms with Gasteiger partial charge in [0.25, 0.3) is 0 Å². The van der Waals surface area contributed by atoms with Gasteiger partial charge in [0.1, 0.15) is 22.8 Å². The molecule has 0 aliphatic carbocycles. The molecule has 0 radical (unpaired) electrons. The molecule has 0 atom stereocenters. The molecule has 2 heterocycles. The van der Waals surface area contributed by atoms with E-state index in [4.69, 9.17) is 13.6 Å². The van der Waals surface area contributed by atoms with Gasteiger partial charge in [-0.2, -0.15) is 0 Å². The molecule has 0 saturated carbocycles. The normalized spacial score (nSPS) is 11.4. The summed E-state index contributed by atoms with van der Waals surface area (Å²) in [5, 5.41) is 2.88. The molecule has 5 rings (SSSR count). The molecule has 36 heavy (non-hydrogen) atoms. The molecule has 0 fully saturated rings. The van der Waals surface area contributed by atoms with E-state index in [-0.39, 0.29) is 5.91 Å². The van der Waals surface area contributed by atoms with E-state index in [2.05, 4.69) is 30.2 Å². The van der Waals surface area contributed by atoms with E-state index in [1.54, 1.807) is 25.3 Å². The zero-order chi connectivity index (χ0) is 25.1. The summed E-state index contributed by atoms with van der Waals surface area (Å²) in [6.07, 6.45) is 3.05. The Balaban J connectivity index is 1.35. The summed E-state index contributed by atoms with van der Waals surface area (Å²) in [6.45, 7) is 4.28. The fraction of sp³-hybridized carbons (Fsp3) is 0.133. The van der Waals surface area contributed by atoms with Gasteiger partial charge in [-0.05, 0) is 60.0 Å². The molecule has 3 aromatic carbocycles. The van der Waals surface area contributed by atoms with Crippen molar-refractivity contribution in [3.63, 3.8) is 0 Å². The van der Waals surface area contributed by atoms with Crippen molar-refractivity contribution in [2.75, 3.05) is 12.4 Å². The fourth-order valence-electron chi connectivity index (χ4n) is 3.90. The fourth-order valence-corrected chi connectivity index (χ4v) is 3.90. The van der Waals surface area contributed by atoms with Crippen molar-refractivity contribution < 1.29 is 18.4 Å². The van der Waals surface area contributed by atoms with E-state index < -0.39 is 0 Å². The smallest absolute Gasteiger partial charge is 0.248 e. The summed E-state index contributed by atoms with van der Waals surface area (Å²) in [5.74, 6) is 2.41. The first-order valence-corrected chi connectivity index (χ1v) is 11.7. The van der Waals surface area contributed by atoms with Crippen molar-refractivity contribution in [1.82, 2.24) is 4.98 Å². The maximum atomic E-state index is 12.7. The van der Waals surface area contributed by atoms with E-state index in [0.29, 0.717) is 34.6 Å².